The quantitative estimate of drug-likeness (QED) is 0.661. The number of nitrogens with zero attached hydrogens (tertiary/aromatic N) is 1. The van der Waals surface area contributed by atoms with Crippen LogP contribution in [0.4, 0.5) is 0 Å². The lowest BCUT2D eigenvalue weighted by molar-refractivity contribution is -0.121. The Bertz CT molecular complexity index is 324. The van der Waals surface area contributed by atoms with Crippen molar-refractivity contribution in [3.05, 3.63) is 30.1 Å². The zero-order chi connectivity index (χ0) is 10.4. The molecule has 2 N–H and O–H groups in total. The first kappa shape index (κ1) is 10.2. The predicted molar refractivity (Wildman–Crippen MR) is 50.1 cm³/mol. The second-order valence-corrected chi connectivity index (χ2v) is 2.60. The molecule has 5 heteroatoms. The summed E-state index contributed by atoms with van der Waals surface area (Å²) in [6.07, 6.45) is 3.32. The third-order valence-electron chi connectivity index (χ3n) is 1.56. The lowest BCUT2D eigenvalue weighted by Crippen LogP contribution is -2.41. The van der Waals surface area contributed by atoms with E-state index in [1.807, 2.05) is 0 Å². The van der Waals surface area contributed by atoms with Gasteiger partial charge in [-0.25, -0.2) is 0 Å². The van der Waals surface area contributed by atoms with Gasteiger partial charge in [0.2, 0.25) is 5.91 Å². The zero-order valence-electron chi connectivity index (χ0n) is 7.78. The molecule has 0 aromatic carbocycles. The lowest BCUT2D eigenvalue weighted by atomic mass is 10.3. The molecule has 0 radical (unpaired) electrons. The van der Waals surface area contributed by atoms with E-state index in [2.05, 4.69) is 15.8 Å². The molecule has 0 spiro atoms. The largest absolute Gasteiger partial charge is 0.273 e. The fourth-order valence-electron chi connectivity index (χ4n) is 0.784. The van der Waals surface area contributed by atoms with Gasteiger partial charge in [0.1, 0.15) is 0 Å². The Hall–Kier alpha value is -1.91. The number of amides is 2. The first-order valence-electron chi connectivity index (χ1n) is 4.23. The van der Waals surface area contributed by atoms with Crippen LogP contribution in [0.3, 0.4) is 0 Å². The molecule has 0 fully saturated rings. The molecule has 0 aliphatic carbocycles. The second-order valence-electron chi connectivity index (χ2n) is 2.60. The second kappa shape index (κ2) is 4.96. The smallest absolute Gasteiger partial charge is 0.271 e. The minimum Gasteiger partial charge on any atom is -0.273 e. The Balaban J connectivity index is 2.48. The van der Waals surface area contributed by atoms with Gasteiger partial charge in [-0.1, -0.05) is 6.92 Å². The van der Waals surface area contributed by atoms with Crippen molar-refractivity contribution >= 4 is 11.8 Å². The molecule has 74 valence electrons. The number of carbonyl (C=O) groups is 2. The minimum atomic E-state index is -0.375. The van der Waals surface area contributed by atoms with Crippen LogP contribution < -0.4 is 10.9 Å². The predicted octanol–water partition coefficient (Wildman–Crippen LogP) is 0.253. The molecule has 1 aromatic rings. The lowest BCUT2D eigenvalue weighted by Gasteiger charge is -2.04. The Kier molecular flexibility index (Phi) is 3.60. The van der Waals surface area contributed by atoms with Crippen LogP contribution in [-0.2, 0) is 4.79 Å². The van der Waals surface area contributed by atoms with Crippen LogP contribution in [0.1, 0.15) is 23.7 Å². The van der Waals surface area contributed by atoms with Crippen molar-refractivity contribution in [1.29, 1.82) is 0 Å². The van der Waals surface area contributed by atoms with Gasteiger partial charge < -0.3 is 0 Å². The molecule has 0 saturated carbocycles. The summed E-state index contributed by atoms with van der Waals surface area (Å²) in [5, 5.41) is 0. The number of hydrazine groups is 1. The highest BCUT2D eigenvalue weighted by molar-refractivity contribution is 5.94. The molecule has 0 aliphatic heterocycles. The van der Waals surface area contributed by atoms with Crippen molar-refractivity contribution in [2.24, 2.45) is 0 Å². The van der Waals surface area contributed by atoms with E-state index in [0.717, 1.165) is 0 Å². The Labute approximate surface area is 81.5 Å². The summed E-state index contributed by atoms with van der Waals surface area (Å²) >= 11 is 0. The molecule has 0 saturated heterocycles. The number of hydrogen-bond acceptors (Lipinski definition) is 3. The molecule has 0 atom stereocenters. The van der Waals surface area contributed by atoms with Crippen molar-refractivity contribution < 1.29 is 9.59 Å². The van der Waals surface area contributed by atoms with Crippen LogP contribution in [0.15, 0.2) is 24.5 Å². The fraction of sp³-hybridized carbons (Fsp3) is 0.222. The maximum atomic E-state index is 11.3. The Morgan fingerprint density at radius 3 is 2.79 bits per heavy atom. The van der Waals surface area contributed by atoms with E-state index in [1.54, 1.807) is 25.3 Å². The SMILES string of the molecule is CCC(=O)NNC(=O)c1cccnc1. The summed E-state index contributed by atoms with van der Waals surface area (Å²) in [6.45, 7) is 1.70. The molecule has 5 nitrogen and oxygen atoms in total. The summed E-state index contributed by atoms with van der Waals surface area (Å²) in [7, 11) is 0. The van der Waals surface area contributed by atoms with E-state index in [1.165, 1.54) is 6.20 Å². The van der Waals surface area contributed by atoms with Crippen molar-refractivity contribution in [3.8, 4) is 0 Å². The van der Waals surface area contributed by atoms with Gasteiger partial charge in [-0.15, -0.1) is 0 Å². The number of carbonyl (C=O) groups excluding carboxylic acids is 2. The van der Waals surface area contributed by atoms with E-state index in [4.69, 9.17) is 0 Å². The van der Waals surface area contributed by atoms with Crippen LogP contribution in [0.25, 0.3) is 0 Å². The maximum Gasteiger partial charge on any atom is 0.271 e. The molecule has 1 rings (SSSR count). The van der Waals surface area contributed by atoms with Crippen molar-refractivity contribution in [3.63, 3.8) is 0 Å². The summed E-state index contributed by atoms with van der Waals surface area (Å²) in [6, 6.07) is 3.26. The standard InChI is InChI=1S/C9H11N3O2/c1-2-8(13)11-12-9(14)7-4-3-5-10-6-7/h3-6H,2H2,1H3,(H,11,13)(H,12,14). The average molecular weight is 193 g/mol. The van der Waals surface area contributed by atoms with Gasteiger partial charge in [0.15, 0.2) is 0 Å². The first-order chi connectivity index (χ1) is 6.74. The van der Waals surface area contributed by atoms with E-state index in [0.29, 0.717) is 12.0 Å². The van der Waals surface area contributed by atoms with Gasteiger partial charge in [-0.3, -0.25) is 25.4 Å². The van der Waals surface area contributed by atoms with Gasteiger partial charge in [0.05, 0.1) is 5.56 Å². The van der Waals surface area contributed by atoms with E-state index in [-0.39, 0.29) is 11.8 Å². The molecule has 2 amide bonds. The molecule has 0 bridgehead atoms. The number of nitrogens with one attached hydrogen (secondary N) is 2. The number of aromatic nitrogens is 1. The summed E-state index contributed by atoms with van der Waals surface area (Å²) in [5.41, 5.74) is 4.94. The number of hydrogen-bond donors (Lipinski definition) is 2. The van der Waals surface area contributed by atoms with Gasteiger partial charge in [0.25, 0.3) is 5.91 Å². The molecule has 1 heterocycles. The van der Waals surface area contributed by atoms with Gasteiger partial charge in [-0.2, -0.15) is 0 Å². The van der Waals surface area contributed by atoms with Crippen LogP contribution >= 0.6 is 0 Å². The molecule has 0 unspecified atom stereocenters. The highest BCUT2D eigenvalue weighted by Gasteiger charge is 2.04. The number of pyridine rings is 1. The monoisotopic (exact) mass is 193 g/mol. The Morgan fingerprint density at radius 1 is 1.43 bits per heavy atom. The molecular formula is C9H11N3O2. The highest BCUT2D eigenvalue weighted by Crippen LogP contribution is 1.93. The van der Waals surface area contributed by atoms with Gasteiger partial charge >= 0.3 is 0 Å². The maximum absolute atomic E-state index is 11.3. The van der Waals surface area contributed by atoms with Gasteiger partial charge in [0, 0.05) is 18.8 Å². The third-order valence-corrected chi connectivity index (χ3v) is 1.56. The van der Waals surface area contributed by atoms with E-state index in [9.17, 15) is 9.59 Å². The highest BCUT2D eigenvalue weighted by atomic mass is 16.2. The molecule has 14 heavy (non-hydrogen) atoms. The normalized spacial score (nSPS) is 9.21. The minimum absolute atomic E-state index is 0.234. The van der Waals surface area contributed by atoms with Crippen molar-refractivity contribution in [2.75, 3.05) is 0 Å². The third kappa shape index (κ3) is 2.85. The van der Waals surface area contributed by atoms with Gasteiger partial charge in [-0.05, 0) is 12.1 Å². The molecule has 1 aromatic heterocycles. The van der Waals surface area contributed by atoms with Crippen molar-refractivity contribution in [2.45, 2.75) is 13.3 Å². The van der Waals surface area contributed by atoms with Crippen molar-refractivity contribution in [1.82, 2.24) is 15.8 Å². The van der Waals surface area contributed by atoms with Crippen LogP contribution in [0.2, 0.25) is 0 Å². The fourth-order valence-corrected chi connectivity index (χ4v) is 0.784. The molecule has 0 aliphatic rings. The first-order valence-corrected chi connectivity index (χ1v) is 4.23. The molecular weight excluding hydrogens is 182 g/mol. The Morgan fingerprint density at radius 2 is 2.21 bits per heavy atom. The van der Waals surface area contributed by atoms with Crippen LogP contribution in [0, 0.1) is 0 Å². The summed E-state index contributed by atoms with van der Waals surface area (Å²) in [5.74, 6) is -0.609. The summed E-state index contributed by atoms with van der Waals surface area (Å²) in [4.78, 5) is 25.9. The van der Waals surface area contributed by atoms with E-state index < -0.39 is 0 Å². The summed E-state index contributed by atoms with van der Waals surface area (Å²) < 4.78 is 0. The number of rotatable bonds is 2. The van der Waals surface area contributed by atoms with Crippen LogP contribution in [-0.4, -0.2) is 16.8 Å². The topological polar surface area (TPSA) is 71.1 Å². The average Bonchev–Trinajstić information content (AvgIpc) is 2.26. The zero-order valence-corrected chi connectivity index (χ0v) is 7.78. The van der Waals surface area contributed by atoms with E-state index >= 15 is 0 Å². The van der Waals surface area contributed by atoms with Crippen LogP contribution in [0.5, 0.6) is 0 Å².